The number of thiol groups is 2. The van der Waals surface area contributed by atoms with Crippen molar-refractivity contribution in [3.8, 4) is 0 Å². The van der Waals surface area contributed by atoms with Crippen LogP contribution in [-0.2, 0) is 9.59 Å². The van der Waals surface area contributed by atoms with Crippen molar-refractivity contribution in [3.05, 3.63) is 60.7 Å². The summed E-state index contributed by atoms with van der Waals surface area (Å²) in [4.78, 5) is 21.2. The Kier molecular flexibility index (Phi) is 21.1. The van der Waals surface area contributed by atoms with Crippen LogP contribution in [0.3, 0.4) is 0 Å². The predicted octanol–water partition coefficient (Wildman–Crippen LogP) is 2.81. The molecule has 4 N–H and O–H groups in total. The molecule has 0 heterocycles. The molecular weight excluding hydrogens is 408 g/mol. The molecule has 0 aromatic heterocycles. The van der Waals surface area contributed by atoms with E-state index in [-0.39, 0.29) is 24.7 Å². The lowest BCUT2D eigenvalue weighted by molar-refractivity contribution is -0.134. The smallest absolute Gasteiger partial charge is 0.313 e. The predicted molar refractivity (Wildman–Crippen MR) is 114 cm³/mol. The molecule has 0 unspecified atom stereocenters. The molecule has 0 saturated heterocycles. The van der Waals surface area contributed by atoms with Crippen molar-refractivity contribution < 1.29 is 30.0 Å². The molecule has 0 aliphatic rings. The number of carboxylic acid groups (broad SMARTS) is 2. The summed E-state index contributed by atoms with van der Waals surface area (Å²) in [6.45, 7) is -0.250. The van der Waals surface area contributed by atoms with Crippen LogP contribution < -0.4 is 0 Å². The van der Waals surface area contributed by atoms with E-state index in [4.69, 9.17) is 20.4 Å². The summed E-state index contributed by atoms with van der Waals surface area (Å²) in [7, 11) is 0. The Bertz CT molecular complexity index is 543. The normalized spacial score (nSPS) is 8.59. The highest BCUT2D eigenvalue weighted by atomic mass is 32.2. The Hall–Kier alpha value is -1.65. The van der Waals surface area contributed by atoms with E-state index in [9.17, 15) is 9.59 Å². The van der Waals surface area contributed by atoms with Crippen molar-refractivity contribution in [1.29, 1.82) is 0 Å². The minimum atomic E-state index is -0.881. The third kappa shape index (κ3) is 22.3. The molecule has 0 fully saturated rings. The van der Waals surface area contributed by atoms with Gasteiger partial charge < -0.3 is 20.4 Å². The van der Waals surface area contributed by atoms with Gasteiger partial charge in [-0.3, -0.25) is 9.59 Å². The Balaban J connectivity index is 0. The zero-order valence-electron chi connectivity index (χ0n) is 14.5. The second-order valence-corrected chi connectivity index (χ2v) is 6.06. The van der Waals surface area contributed by atoms with Crippen molar-refractivity contribution in [1.82, 2.24) is 0 Å². The van der Waals surface area contributed by atoms with E-state index < -0.39 is 11.9 Å². The number of carboxylic acids is 2. The zero-order valence-corrected chi connectivity index (χ0v) is 17.1. The van der Waals surface area contributed by atoms with Crippen LogP contribution in [-0.4, -0.2) is 57.1 Å². The molecule has 0 atom stereocenters. The largest absolute Gasteiger partial charge is 0.481 e. The summed E-state index contributed by atoms with van der Waals surface area (Å²) < 4.78 is 0. The molecule has 6 nitrogen and oxygen atoms in total. The number of aliphatic hydroxyl groups excluding tert-OH is 2. The van der Waals surface area contributed by atoms with Gasteiger partial charge in [-0.2, -0.15) is 25.3 Å². The Morgan fingerprint density at radius 1 is 0.704 bits per heavy atom. The lowest BCUT2D eigenvalue weighted by Gasteiger charge is -1.99. The highest BCUT2D eigenvalue weighted by Crippen LogP contribution is 2.26. The summed E-state index contributed by atoms with van der Waals surface area (Å²) in [6.07, 6.45) is 0. The highest BCUT2D eigenvalue weighted by Gasteiger charge is 1.93. The molecule has 0 spiro atoms. The first kappa shape index (κ1) is 27.6. The summed E-state index contributed by atoms with van der Waals surface area (Å²) >= 11 is 8.62. The number of hydrogen-bond donors (Lipinski definition) is 6. The van der Waals surface area contributed by atoms with E-state index in [0.29, 0.717) is 0 Å². The molecule has 2 aromatic rings. The number of hydrogen-bond acceptors (Lipinski definition) is 7. The topological polar surface area (TPSA) is 115 Å². The van der Waals surface area contributed by atoms with Gasteiger partial charge in [0.1, 0.15) is 0 Å². The van der Waals surface area contributed by atoms with E-state index in [0.717, 1.165) is 0 Å². The summed E-state index contributed by atoms with van der Waals surface area (Å²) in [5, 5.41) is 30.5. The van der Waals surface area contributed by atoms with Crippen LogP contribution in [0.5, 0.6) is 0 Å². The molecule has 0 radical (unpaired) electrons. The minimum absolute atomic E-state index is 0.0833. The van der Waals surface area contributed by atoms with Gasteiger partial charge in [0.2, 0.25) is 0 Å². The standard InChI is InChI=1S/C12H10S.2C2H4O2S.C2H6O2/c1-3-7-11(8-4-1)13-12-9-5-2-6-10-12;2*3-2(4)1-5;3-1-2-4/h1-10H;2*5H,1H2,(H,3,4);3-4H,1-2H2. The van der Waals surface area contributed by atoms with Crippen LogP contribution in [0.1, 0.15) is 0 Å². The van der Waals surface area contributed by atoms with E-state index >= 15 is 0 Å². The maximum atomic E-state index is 9.29. The first-order valence-electron chi connectivity index (χ1n) is 7.56. The number of rotatable bonds is 5. The van der Waals surface area contributed by atoms with Gasteiger partial charge in [-0.25, -0.2) is 0 Å². The summed E-state index contributed by atoms with van der Waals surface area (Å²) in [5.74, 6) is -1.93. The molecule has 9 heteroatoms. The van der Waals surface area contributed by atoms with Crippen molar-refractivity contribution in [2.75, 3.05) is 24.7 Å². The fourth-order valence-corrected chi connectivity index (χ4v) is 1.97. The minimum Gasteiger partial charge on any atom is -0.481 e. The van der Waals surface area contributed by atoms with Gasteiger partial charge in [-0.1, -0.05) is 48.2 Å². The molecule has 150 valence electrons. The second-order valence-electron chi connectivity index (χ2n) is 4.28. The summed E-state index contributed by atoms with van der Waals surface area (Å²) in [5.41, 5.74) is 0. The monoisotopic (exact) mass is 432 g/mol. The van der Waals surface area contributed by atoms with Gasteiger partial charge in [0.25, 0.3) is 0 Å². The quantitative estimate of drug-likeness (QED) is 0.403. The number of benzene rings is 2. The average molecular weight is 433 g/mol. The molecule has 27 heavy (non-hydrogen) atoms. The third-order valence-electron chi connectivity index (χ3n) is 2.09. The molecule has 0 amide bonds. The van der Waals surface area contributed by atoms with E-state index in [2.05, 4.69) is 73.8 Å². The Labute approximate surface area is 174 Å². The van der Waals surface area contributed by atoms with Gasteiger partial charge in [-0.05, 0) is 24.3 Å². The number of aliphatic carboxylic acids is 2. The molecule has 2 rings (SSSR count). The van der Waals surface area contributed by atoms with E-state index in [1.54, 1.807) is 11.8 Å². The van der Waals surface area contributed by atoms with Gasteiger partial charge in [0.15, 0.2) is 0 Å². The maximum absolute atomic E-state index is 9.29. The fraction of sp³-hybridized carbons (Fsp3) is 0.222. The molecule has 2 aromatic carbocycles. The molecule has 0 bridgehead atoms. The van der Waals surface area contributed by atoms with Crippen molar-refractivity contribution in [2.45, 2.75) is 9.79 Å². The average Bonchev–Trinajstić information content (AvgIpc) is 2.70. The molecule has 0 saturated carbocycles. The van der Waals surface area contributed by atoms with Crippen LogP contribution in [0, 0.1) is 0 Å². The summed E-state index contributed by atoms with van der Waals surface area (Å²) in [6, 6.07) is 20.8. The van der Waals surface area contributed by atoms with Gasteiger partial charge in [-0.15, -0.1) is 0 Å². The number of carbonyl (C=O) groups is 2. The van der Waals surface area contributed by atoms with Crippen LogP contribution >= 0.6 is 37.0 Å². The third-order valence-corrected chi connectivity index (χ3v) is 3.65. The maximum Gasteiger partial charge on any atom is 0.313 e. The van der Waals surface area contributed by atoms with Crippen LogP contribution in [0.4, 0.5) is 0 Å². The molecular formula is C18H24O6S3. The van der Waals surface area contributed by atoms with Crippen LogP contribution in [0.25, 0.3) is 0 Å². The number of aliphatic hydroxyl groups is 2. The SMILES string of the molecule is O=C(O)CS.O=C(O)CS.OCCO.c1ccc(Sc2ccccc2)cc1. The van der Waals surface area contributed by atoms with Crippen LogP contribution in [0.2, 0.25) is 0 Å². The van der Waals surface area contributed by atoms with Crippen molar-refractivity contribution in [2.24, 2.45) is 0 Å². The lowest BCUT2D eigenvalue weighted by atomic mass is 10.4. The highest BCUT2D eigenvalue weighted by molar-refractivity contribution is 7.99. The van der Waals surface area contributed by atoms with Crippen molar-refractivity contribution >= 4 is 49.0 Å². The Morgan fingerprint density at radius 3 is 1.15 bits per heavy atom. The zero-order chi connectivity index (χ0) is 20.9. The van der Waals surface area contributed by atoms with Gasteiger partial charge in [0, 0.05) is 9.79 Å². The van der Waals surface area contributed by atoms with E-state index in [1.807, 2.05) is 12.1 Å². The lowest BCUT2D eigenvalue weighted by Crippen LogP contribution is -1.92. The molecule has 0 aliphatic heterocycles. The Morgan fingerprint density at radius 2 is 0.963 bits per heavy atom. The van der Waals surface area contributed by atoms with E-state index in [1.165, 1.54) is 9.79 Å². The van der Waals surface area contributed by atoms with Crippen LogP contribution in [0.15, 0.2) is 70.5 Å². The van der Waals surface area contributed by atoms with Gasteiger partial charge in [0.05, 0.1) is 24.7 Å². The first-order chi connectivity index (χ1) is 12.9. The fourth-order valence-electron chi connectivity index (χ4n) is 1.11. The van der Waals surface area contributed by atoms with Gasteiger partial charge >= 0.3 is 11.9 Å². The van der Waals surface area contributed by atoms with Crippen molar-refractivity contribution in [3.63, 3.8) is 0 Å². The second kappa shape index (κ2) is 20.7. The first-order valence-corrected chi connectivity index (χ1v) is 9.64. The molecule has 0 aliphatic carbocycles.